The second-order valence-electron chi connectivity index (χ2n) is 17.2. The van der Waals surface area contributed by atoms with Crippen molar-refractivity contribution in [1.82, 2.24) is 38.3 Å². The van der Waals surface area contributed by atoms with Gasteiger partial charge in [-0.3, -0.25) is 23.5 Å². The first kappa shape index (κ1) is 49.8. The number of carbonyl (C=O) groups excluding carboxylic acids is 1. The van der Waals surface area contributed by atoms with Crippen LogP contribution >= 0.6 is 0 Å². The zero-order valence-electron chi connectivity index (χ0n) is 36.7. The number of rotatable bonds is 7. The fourth-order valence-corrected chi connectivity index (χ4v) is 8.25. The fraction of sp³-hybridized carbons (Fsp3) is 0.738. The molecule has 5 fully saturated rings. The number of aromatic nitrogens is 8. The van der Waals surface area contributed by atoms with E-state index in [4.69, 9.17) is 23.7 Å². The summed E-state index contributed by atoms with van der Waals surface area (Å²) in [7, 11) is 3.05. The molecule has 3 aliphatic heterocycles. The Morgan fingerprint density at radius 1 is 0.677 bits per heavy atom. The van der Waals surface area contributed by atoms with Crippen molar-refractivity contribution in [2.45, 2.75) is 108 Å². The Kier molecular flexibility index (Phi) is 17.1. The number of halogens is 6. The van der Waals surface area contributed by atoms with Gasteiger partial charge in [-0.1, -0.05) is 0 Å². The van der Waals surface area contributed by atoms with Crippen LogP contribution in [0.1, 0.15) is 95.7 Å². The normalized spacial score (nSPS) is 23.7. The number of nitrogens with zero attached hydrogens (tertiary/aromatic N) is 8. The summed E-state index contributed by atoms with van der Waals surface area (Å²) in [6.07, 6.45) is 2.60. The Bertz CT molecular complexity index is 2250. The van der Waals surface area contributed by atoms with Crippen LogP contribution in [0.3, 0.4) is 0 Å². The number of imidazole rings is 2. The Balaban J connectivity index is 0.000000174. The minimum absolute atomic E-state index is 0.0295. The van der Waals surface area contributed by atoms with E-state index < -0.39 is 29.8 Å². The number of ketones is 1. The van der Waals surface area contributed by atoms with Crippen LogP contribution in [0.5, 0.6) is 12.0 Å². The predicted octanol–water partition coefficient (Wildman–Crippen LogP) is 5.51. The van der Waals surface area contributed by atoms with Gasteiger partial charge >= 0.3 is 24.4 Å². The third kappa shape index (κ3) is 13.3. The molecule has 0 bridgehead atoms. The van der Waals surface area contributed by atoms with Gasteiger partial charge in [0.1, 0.15) is 17.7 Å². The maximum Gasteiger partial charge on any atom is 0.391 e. The van der Waals surface area contributed by atoms with Crippen LogP contribution in [0.25, 0.3) is 11.0 Å². The quantitative estimate of drug-likeness (QED) is 0.229. The second kappa shape index (κ2) is 22.3. The van der Waals surface area contributed by atoms with Crippen molar-refractivity contribution in [3.05, 3.63) is 45.3 Å². The minimum Gasteiger partial charge on any atom is -0.463 e. The van der Waals surface area contributed by atoms with Crippen LogP contribution in [0.15, 0.2) is 28.3 Å². The summed E-state index contributed by atoms with van der Waals surface area (Å²) < 4.78 is 108. The van der Waals surface area contributed by atoms with Crippen LogP contribution in [0.2, 0.25) is 0 Å². The van der Waals surface area contributed by atoms with Gasteiger partial charge in [-0.2, -0.15) is 26.3 Å². The number of aliphatic hydroxyl groups is 1. The molecule has 2 aliphatic carbocycles. The average Bonchev–Trinajstić information content (AvgIpc) is 4.11. The molecule has 5 aliphatic rings. The van der Waals surface area contributed by atoms with E-state index in [-0.39, 0.29) is 85.2 Å². The molecule has 23 heteroatoms. The lowest BCUT2D eigenvalue weighted by atomic mass is 9.82. The maximum absolute atomic E-state index is 12.8. The van der Waals surface area contributed by atoms with Gasteiger partial charge < -0.3 is 28.8 Å². The monoisotopic (exact) mass is 932 g/mol. The molecule has 65 heavy (non-hydrogen) atoms. The average molecular weight is 933 g/mol. The van der Waals surface area contributed by atoms with Gasteiger partial charge in [0.05, 0.1) is 50.7 Å². The van der Waals surface area contributed by atoms with Crippen molar-refractivity contribution in [3.8, 4) is 12.0 Å². The Labute approximate surface area is 370 Å². The second-order valence-corrected chi connectivity index (χ2v) is 17.2. The Morgan fingerprint density at radius 3 is 1.62 bits per heavy atom. The number of fused-ring (bicyclic) bond motifs is 2. The number of ether oxygens (including phenoxy) is 5. The van der Waals surface area contributed by atoms with Gasteiger partial charge in [0.2, 0.25) is 0 Å². The molecule has 17 nitrogen and oxygen atoms in total. The van der Waals surface area contributed by atoms with E-state index in [1.807, 2.05) is 0 Å². The zero-order chi connectivity index (χ0) is 46.8. The number of hydrogen-bond donors (Lipinski definition) is 1. The lowest BCUT2D eigenvalue weighted by molar-refractivity contribution is -0.185. The van der Waals surface area contributed by atoms with E-state index in [1.54, 1.807) is 0 Å². The highest BCUT2D eigenvalue weighted by Gasteiger charge is 2.43. The smallest absolute Gasteiger partial charge is 0.391 e. The lowest BCUT2D eigenvalue weighted by Gasteiger charge is -2.30. The Morgan fingerprint density at radius 2 is 1.15 bits per heavy atom. The summed E-state index contributed by atoms with van der Waals surface area (Å²) in [6, 6.07) is 0.179. The van der Waals surface area contributed by atoms with Crippen molar-refractivity contribution < 1.29 is 59.9 Å². The summed E-state index contributed by atoms with van der Waals surface area (Å²) >= 11 is 0. The standard InChI is InChI=1S/C19H25F3N4O4.C14H17F3N4O2.C5H8O2.C4H8O/c1-25-15(27)14-10-23-16(18(28)6-8-29-9-7-18)26(14)24-17(25)30-11-12-2-4-13(5-3-12)19(20,21)22;1-20-12(22)11-6-18-8-21(11)19-13(20)23-7-9-2-4-10(5-3-9)14(15,16)17;6-5-1-3-7-4-2-5;1-2-4-5-3-1/h10,12-13,28H,2-9,11H2,1H3;6,8-10H,2-5,7H2,1H3;1-4H2;1-4H2. The molecule has 2 saturated carbocycles. The van der Waals surface area contributed by atoms with Crippen LogP contribution in [0, 0.1) is 23.7 Å². The highest BCUT2D eigenvalue weighted by Crippen LogP contribution is 2.41. The molecule has 0 radical (unpaired) electrons. The van der Waals surface area contributed by atoms with Crippen LogP contribution in [0.4, 0.5) is 26.3 Å². The fourth-order valence-electron chi connectivity index (χ4n) is 8.25. The van der Waals surface area contributed by atoms with Crippen molar-refractivity contribution in [3.63, 3.8) is 0 Å². The SMILES string of the molecule is C1CCOC1.Cn1c(OCC2CCC(C(F)(F)F)CC2)nn2c(C3(O)CCOCC3)ncc2c1=O.Cn1c(OCC2CCC(C(F)(F)F)CC2)nn2cncc2c1=O.O=C1CCOCC1. The van der Waals surface area contributed by atoms with Gasteiger partial charge in [-0.25, -0.2) is 19.0 Å². The maximum atomic E-state index is 12.8. The van der Waals surface area contributed by atoms with Gasteiger partial charge in [0.25, 0.3) is 11.1 Å². The van der Waals surface area contributed by atoms with E-state index in [0.29, 0.717) is 89.1 Å². The Hall–Kier alpha value is -4.61. The van der Waals surface area contributed by atoms with Crippen molar-refractivity contribution in [2.75, 3.05) is 52.9 Å². The lowest BCUT2D eigenvalue weighted by Crippen LogP contribution is -2.36. The van der Waals surface area contributed by atoms with E-state index in [9.17, 15) is 45.8 Å². The molecule has 9 rings (SSSR count). The predicted molar refractivity (Wildman–Crippen MR) is 220 cm³/mol. The minimum atomic E-state index is -4.15. The first-order valence-corrected chi connectivity index (χ1v) is 22.2. The van der Waals surface area contributed by atoms with Crippen molar-refractivity contribution in [1.29, 1.82) is 0 Å². The molecule has 0 atom stereocenters. The molecule has 1 N–H and O–H groups in total. The molecule has 0 unspecified atom stereocenters. The molecule has 7 heterocycles. The van der Waals surface area contributed by atoms with Crippen LogP contribution in [-0.2, 0) is 38.7 Å². The number of Topliss-reactive ketones (excluding diaryl/α,β-unsaturated/α-hetero) is 1. The molecular formula is C42H58F6N8O9. The summed E-state index contributed by atoms with van der Waals surface area (Å²) in [5, 5.41) is 19.5. The highest BCUT2D eigenvalue weighted by atomic mass is 19.4. The zero-order valence-corrected chi connectivity index (χ0v) is 36.7. The molecule has 3 saturated heterocycles. The molecule has 0 amide bonds. The molecule has 0 aromatic carbocycles. The summed E-state index contributed by atoms with van der Waals surface area (Å²) in [5.74, 6) is -1.84. The molecule has 0 spiro atoms. The van der Waals surface area contributed by atoms with Gasteiger partial charge in [0, 0.05) is 66.2 Å². The first-order chi connectivity index (χ1) is 30.9. The molecule has 4 aromatic rings. The topological polar surface area (TPSA) is 188 Å². The number of alkyl halides is 6. The van der Waals surface area contributed by atoms with E-state index in [0.717, 1.165) is 13.2 Å². The first-order valence-electron chi connectivity index (χ1n) is 22.2. The van der Waals surface area contributed by atoms with Crippen molar-refractivity contribution >= 4 is 16.8 Å². The van der Waals surface area contributed by atoms with E-state index in [2.05, 4.69) is 20.2 Å². The molecular weight excluding hydrogens is 874 g/mol. The van der Waals surface area contributed by atoms with E-state index in [1.165, 1.54) is 63.8 Å². The summed E-state index contributed by atoms with van der Waals surface area (Å²) in [4.78, 5) is 43.2. The number of carbonyl (C=O) groups is 1. The summed E-state index contributed by atoms with van der Waals surface area (Å²) in [6.45, 7) is 4.46. The van der Waals surface area contributed by atoms with Gasteiger partial charge in [-0.05, 0) is 76.0 Å². The van der Waals surface area contributed by atoms with Gasteiger partial charge in [0.15, 0.2) is 16.9 Å². The third-order valence-corrected chi connectivity index (χ3v) is 12.5. The molecule has 362 valence electrons. The van der Waals surface area contributed by atoms with Crippen molar-refractivity contribution in [2.24, 2.45) is 37.8 Å². The van der Waals surface area contributed by atoms with Crippen LogP contribution < -0.4 is 20.6 Å². The third-order valence-electron chi connectivity index (χ3n) is 12.5. The summed E-state index contributed by atoms with van der Waals surface area (Å²) in [5.41, 5.74) is -1.36. The van der Waals surface area contributed by atoms with Crippen LogP contribution in [-0.4, -0.2) is 114 Å². The van der Waals surface area contributed by atoms with Gasteiger partial charge in [-0.15, -0.1) is 10.2 Å². The van der Waals surface area contributed by atoms with E-state index >= 15 is 0 Å². The number of hydrogen-bond acceptors (Lipinski definition) is 13. The largest absolute Gasteiger partial charge is 0.463 e. The molecule has 4 aromatic heterocycles. The highest BCUT2D eigenvalue weighted by molar-refractivity contribution is 5.79.